The quantitative estimate of drug-likeness (QED) is 0.128. The normalized spacial score (nSPS) is 12.2. The second kappa shape index (κ2) is 18.1. The molecule has 1 atom stereocenters. The third-order valence-corrected chi connectivity index (χ3v) is 8.84. The zero-order chi connectivity index (χ0) is 32.9. The maximum absolute atomic E-state index is 6.48. The molecule has 0 amide bonds. The van der Waals surface area contributed by atoms with E-state index < -0.39 is 0 Å². The molecular formula is C37H46Br2O6. The smallest absolute Gasteiger partial charge is 0.133 e. The van der Waals surface area contributed by atoms with Crippen molar-refractivity contribution in [2.24, 2.45) is 11.8 Å². The highest BCUT2D eigenvalue weighted by atomic mass is 79.9. The summed E-state index contributed by atoms with van der Waals surface area (Å²) < 4.78 is 36.3. The summed E-state index contributed by atoms with van der Waals surface area (Å²) >= 11 is 7.08. The molecule has 3 rings (SSSR count). The summed E-state index contributed by atoms with van der Waals surface area (Å²) in [6.45, 7) is 7.48. The second-order valence-corrected chi connectivity index (χ2v) is 13.0. The summed E-state index contributed by atoms with van der Waals surface area (Å²) in [4.78, 5) is 0. The lowest BCUT2D eigenvalue weighted by molar-refractivity contribution is 0.275. The Morgan fingerprint density at radius 1 is 0.511 bits per heavy atom. The fraction of sp³-hybridized carbons (Fsp3) is 0.405. The summed E-state index contributed by atoms with van der Waals surface area (Å²) in [5.41, 5.74) is 3.52. The Balaban J connectivity index is 2.00. The summed E-state index contributed by atoms with van der Waals surface area (Å²) in [5, 5.41) is 0. The fourth-order valence-corrected chi connectivity index (χ4v) is 5.90. The molecule has 1 unspecified atom stereocenters. The van der Waals surface area contributed by atoms with Crippen molar-refractivity contribution in [3.63, 3.8) is 0 Å². The van der Waals surface area contributed by atoms with Gasteiger partial charge >= 0.3 is 0 Å². The van der Waals surface area contributed by atoms with Crippen LogP contribution in [0, 0.1) is 11.8 Å². The SMILES string of the molecule is COc1cc(/C=C/c2cc(OCCC(C)CCCC(C)C)c(/C=C/c3cc(OC)c(Br)cc3OC)cc2OC)c(OC)cc1Br. The van der Waals surface area contributed by atoms with Gasteiger partial charge in [-0.1, -0.05) is 64.3 Å². The molecule has 0 bridgehead atoms. The Bertz CT molecular complexity index is 1460. The molecule has 0 spiro atoms. The molecule has 0 saturated carbocycles. The maximum Gasteiger partial charge on any atom is 0.133 e. The zero-order valence-corrected chi connectivity index (χ0v) is 30.8. The van der Waals surface area contributed by atoms with Crippen LogP contribution in [0.15, 0.2) is 45.3 Å². The van der Waals surface area contributed by atoms with E-state index in [1.807, 2.05) is 60.7 Å². The van der Waals surface area contributed by atoms with Gasteiger partial charge in [0.05, 0.1) is 51.1 Å². The monoisotopic (exact) mass is 744 g/mol. The topological polar surface area (TPSA) is 55.4 Å². The number of methoxy groups -OCH3 is 5. The molecule has 0 aliphatic carbocycles. The molecule has 244 valence electrons. The molecule has 3 aromatic carbocycles. The van der Waals surface area contributed by atoms with E-state index in [9.17, 15) is 0 Å². The molecular weight excluding hydrogens is 700 g/mol. The minimum absolute atomic E-state index is 0.583. The highest BCUT2D eigenvalue weighted by Crippen LogP contribution is 2.37. The van der Waals surface area contributed by atoms with E-state index in [0.29, 0.717) is 18.3 Å². The van der Waals surface area contributed by atoms with Crippen LogP contribution in [0.2, 0.25) is 0 Å². The van der Waals surface area contributed by atoms with Gasteiger partial charge in [0, 0.05) is 22.3 Å². The van der Waals surface area contributed by atoms with Crippen LogP contribution in [0.5, 0.6) is 34.5 Å². The van der Waals surface area contributed by atoms with Crippen molar-refractivity contribution in [1.29, 1.82) is 0 Å². The molecule has 0 saturated heterocycles. The molecule has 6 nitrogen and oxygen atoms in total. The van der Waals surface area contributed by atoms with E-state index in [2.05, 4.69) is 52.6 Å². The van der Waals surface area contributed by atoms with Gasteiger partial charge in [0.1, 0.15) is 34.5 Å². The van der Waals surface area contributed by atoms with E-state index in [-0.39, 0.29) is 0 Å². The minimum atomic E-state index is 0.583. The number of rotatable bonds is 17. The Morgan fingerprint density at radius 3 is 1.31 bits per heavy atom. The lowest BCUT2D eigenvalue weighted by Gasteiger charge is -2.16. The van der Waals surface area contributed by atoms with Crippen molar-refractivity contribution >= 4 is 56.2 Å². The first kappa shape index (κ1) is 36.4. The molecule has 0 radical (unpaired) electrons. The van der Waals surface area contributed by atoms with E-state index in [1.165, 1.54) is 19.3 Å². The van der Waals surface area contributed by atoms with Gasteiger partial charge in [-0.15, -0.1) is 0 Å². The highest BCUT2D eigenvalue weighted by molar-refractivity contribution is 9.11. The number of hydrogen-bond donors (Lipinski definition) is 0. The van der Waals surface area contributed by atoms with Crippen LogP contribution >= 0.6 is 31.9 Å². The molecule has 0 fully saturated rings. The predicted octanol–water partition coefficient (Wildman–Crippen LogP) is 10.8. The minimum Gasteiger partial charge on any atom is -0.496 e. The van der Waals surface area contributed by atoms with E-state index in [0.717, 1.165) is 72.3 Å². The number of hydrogen-bond acceptors (Lipinski definition) is 6. The predicted molar refractivity (Wildman–Crippen MR) is 193 cm³/mol. The van der Waals surface area contributed by atoms with Crippen molar-refractivity contribution in [2.75, 3.05) is 42.2 Å². The van der Waals surface area contributed by atoms with E-state index >= 15 is 0 Å². The van der Waals surface area contributed by atoms with Crippen LogP contribution < -0.4 is 28.4 Å². The van der Waals surface area contributed by atoms with Gasteiger partial charge in [0.15, 0.2) is 0 Å². The average Bonchev–Trinajstić information content (AvgIpc) is 3.03. The first-order valence-corrected chi connectivity index (χ1v) is 16.8. The van der Waals surface area contributed by atoms with Crippen molar-refractivity contribution in [3.05, 3.63) is 67.6 Å². The summed E-state index contributed by atoms with van der Waals surface area (Å²) in [5.74, 6) is 5.68. The second-order valence-electron chi connectivity index (χ2n) is 11.3. The standard InChI is InChI=1S/C37H46Br2O6/c1-24(2)10-9-11-25(3)16-17-45-35-19-26(12-13-27-20-36(43-7)30(38)22-33(27)41-5)32(40-4)18-29(35)15-14-28-21-37(44-8)31(39)23-34(28)42-6/h12-15,18-25H,9-11,16-17H2,1-8H3/b13-12+,15-14+. The lowest BCUT2D eigenvalue weighted by atomic mass is 9.97. The number of halogens is 2. The van der Waals surface area contributed by atoms with E-state index in [1.54, 1.807) is 35.5 Å². The highest BCUT2D eigenvalue weighted by Gasteiger charge is 2.13. The van der Waals surface area contributed by atoms with Crippen molar-refractivity contribution in [2.45, 2.75) is 46.5 Å². The Labute approximate surface area is 286 Å². The van der Waals surface area contributed by atoms with Crippen LogP contribution in [0.1, 0.15) is 68.7 Å². The molecule has 8 heteroatoms. The molecule has 0 aliphatic heterocycles. The largest absolute Gasteiger partial charge is 0.496 e. The van der Waals surface area contributed by atoms with Crippen molar-refractivity contribution in [1.82, 2.24) is 0 Å². The Kier molecular flexibility index (Phi) is 14.7. The third kappa shape index (κ3) is 10.5. The molecule has 45 heavy (non-hydrogen) atoms. The first-order valence-electron chi connectivity index (χ1n) is 15.2. The summed E-state index contributed by atoms with van der Waals surface area (Å²) in [7, 11) is 8.27. The van der Waals surface area contributed by atoms with Crippen molar-refractivity contribution < 1.29 is 28.4 Å². The number of ether oxygens (including phenoxy) is 6. The van der Waals surface area contributed by atoms with Gasteiger partial charge < -0.3 is 28.4 Å². The Hall–Kier alpha value is -3.10. The summed E-state index contributed by atoms with van der Waals surface area (Å²) in [6.07, 6.45) is 12.7. The molecule has 0 N–H and O–H groups in total. The number of benzene rings is 3. The average molecular weight is 747 g/mol. The van der Waals surface area contributed by atoms with Crippen LogP contribution in [-0.4, -0.2) is 42.2 Å². The van der Waals surface area contributed by atoms with Crippen LogP contribution in [0.4, 0.5) is 0 Å². The molecule has 0 aromatic heterocycles. The van der Waals surface area contributed by atoms with Gasteiger partial charge in [-0.25, -0.2) is 0 Å². The zero-order valence-electron chi connectivity index (χ0n) is 27.7. The molecule has 0 heterocycles. The van der Waals surface area contributed by atoms with E-state index in [4.69, 9.17) is 28.4 Å². The third-order valence-electron chi connectivity index (χ3n) is 7.60. The maximum atomic E-state index is 6.48. The Morgan fingerprint density at radius 2 is 0.889 bits per heavy atom. The van der Waals surface area contributed by atoms with Crippen LogP contribution in [-0.2, 0) is 0 Å². The van der Waals surface area contributed by atoms with Gasteiger partial charge in [0.2, 0.25) is 0 Å². The van der Waals surface area contributed by atoms with Crippen molar-refractivity contribution in [3.8, 4) is 34.5 Å². The first-order chi connectivity index (χ1) is 21.6. The van der Waals surface area contributed by atoms with Gasteiger partial charge in [-0.2, -0.15) is 0 Å². The van der Waals surface area contributed by atoms with Gasteiger partial charge in [-0.05, 0) is 86.5 Å². The van der Waals surface area contributed by atoms with Crippen LogP contribution in [0.25, 0.3) is 24.3 Å². The van der Waals surface area contributed by atoms with Gasteiger partial charge in [0.25, 0.3) is 0 Å². The lowest BCUT2D eigenvalue weighted by Crippen LogP contribution is -2.06. The summed E-state index contributed by atoms with van der Waals surface area (Å²) in [6, 6.07) is 11.7. The van der Waals surface area contributed by atoms with Gasteiger partial charge in [-0.3, -0.25) is 0 Å². The molecule has 0 aliphatic rings. The fourth-order valence-electron chi connectivity index (χ4n) is 4.93. The van der Waals surface area contributed by atoms with Crippen LogP contribution in [0.3, 0.4) is 0 Å². The molecule has 3 aromatic rings.